The summed E-state index contributed by atoms with van der Waals surface area (Å²) in [5.41, 5.74) is 3.07. The maximum atomic E-state index is 5.95. The van der Waals surface area contributed by atoms with Crippen molar-refractivity contribution in [1.29, 1.82) is 0 Å². The van der Waals surface area contributed by atoms with Crippen LogP contribution in [0.3, 0.4) is 0 Å². The molecule has 1 fully saturated rings. The van der Waals surface area contributed by atoms with Gasteiger partial charge in [0.2, 0.25) is 5.89 Å². The second-order valence-corrected chi connectivity index (χ2v) is 5.21. The molecule has 4 rings (SSSR count). The molecule has 3 nitrogen and oxygen atoms in total. The Labute approximate surface area is 117 Å². The monoisotopic (exact) mass is 264 g/mol. The topological polar surface area (TPSA) is 29.3 Å². The first-order valence-electron chi connectivity index (χ1n) is 7.09. The lowest BCUT2D eigenvalue weighted by Crippen LogP contribution is -2.22. The minimum atomic E-state index is 0.254. The van der Waals surface area contributed by atoms with Gasteiger partial charge in [-0.15, -0.1) is 0 Å². The second kappa shape index (κ2) is 4.67. The van der Waals surface area contributed by atoms with E-state index in [1.807, 2.05) is 30.3 Å². The zero-order valence-electron chi connectivity index (χ0n) is 11.2. The van der Waals surface area contributed by atoms with Crippen LogP contribution < -0.4 is 4.90 Å². The largest absolute Gasteiger partial charge is 0.438 e. The van der Waals surface area contributed by atoms with Gasteiger partial charge in [-0.2, -0.15) is 0 Å². The van der Waals surface area contributed by atoms with Crippen LogP contribution in [-0.4, -0.2) is 11.5 Å². The molecule has 0 saturated carbocycles. The molecule has 2 heterocycles. The van der Waals surface area contributed by atoms with E-state index in [-0.39, 0.29) is 6.04 Å². The number of hydrogen-bond acceptors (Lipinski definition) is 3. The molecule has 1 atom stereocenters. The predicted molar refractivity (Wildman–Crippen MR) is 79.8 cm³/mol. The van der Waals surface area contributed by atoms with Gasteiger partial charge in [-0.3, -0.25) is 0 Å². The third-order valence-corrected chi connectivity index (χ3v) is 3.94. The first-order valence-corrected chi connectivity index (χ1v) is 7.09. The van der Waals surface area contributed by atoms with Crippen LogP contribution in [0, 0.1) is 0 Å². The molecule has 0 spiro atoms. The summed E-state index contributed by atoms with van der Waals surface area (Å²) in [4.78, 5) is 7.06. The summed E-state index contributed by atoms with van der Waals surface area (Å²) in [6, 6.07) is 18.7. The Bertz CT molecular complexity index is 687. The number of hydrogen-bond donors (Lipinski definition) is 0. The fraction of sp³-hybridized carbons (Fsp3) is 0.235. The molecule has 1 aromatic heterocycles. The zero-order valence-corrected chi connectivity index (χ0v) is 11.2. The van der Waals surface area contributed by atoms with Crippen LogP contribution in [0.2, 0.25) is 0 Å². The Kier molecular flexibility index (Phi) is 2.69. The molecule has 0 bridgehead atoms. The third kappa shape index (κ3) is 1.86. The maximum Gasteiger partial charge on any atom is 0.218 e. The molecule has 1 aliphatic rings. The smallest absolute Gasteiger partial charge is 0.218 e. The lowest BCUT2D eigenvalue weighted by Gasteiger charge is -2.24. The van der Waals surface area contributed by atoms with Crippen molar-refractivity contribution >= 4 is 16.8 Å². The molecule has 0 amide bonds. The lowest BCUT2D eigenvalue weighted by molar-refractivity contribution is 0.475. The van der Waals surface area contributed by atoms with Crippen molar-refractivity contribution in [2.24, 2.45) is 0 Å². The van der Waals surface area contributed by atoms with Crippen molar-refractivity contribution in [3.05, 3.63) is 60.5 Å². The zero-order chi connectivity index (χ0) is 13.4. The van der Waals surface area contributed by atoms with Crippen molar-refractivity contribution in [1.82, 2.24) is 4.98 Å². The van der Waals surface area contributed by atoms with Gasteiger partial charge in [0.05, 0.1) is 0 Å². The molecule has 1 aliphatic heterocycles. The van der Waals surface area contributed by atoms with E-state index in [9.17, 15) is 0 Å². The second-order valence-electron chi connectivity index (χ2n) is 5.21. The van der Waals surface area contributed by atoms with Crippen LogP contribution in [0.15, 0.2) is 59.0 Å². The number of anilines is 1. The number of benzene rings is 2. The number of oxazole rings is 1. The van der Waals surface area contributed by atoms with Crippen molar-refractivity contribution < 1.29 is 4.42 Å². The number of fused-ring (bicyclic) bond motifs is 1. The van der Waals surface area contributed by atoms with Gasteiger partial charge in [-0.1, -0.05) is 30.3 Å². The summed E-state index contributed by atoms with van der Waals surface area (Å²) >= 11 is 0. The summed E-state index contributed by atoms with van der Waals surface area (Å²) in [6.45, 7) is 1.06. The minimum absolute atomic E-state index is 0.254. The predicted octanol–water partition coefficient (Wildman–Crippen LogP) is 4.17. The highest BCUT2D eigenvalue weighted by atomic mass is 16.3. The molecule has 3 heteroatoms. The molecule has 2 aromatic carbocycles. The average molecular weight is 264 g/mol. The van der Waals surface area contributed by atoms with E-state index in [1.54, 1.807) is 0 Å². The highest BCUT2D eigenvalue weighted by molar-refractivity contribution is 5.72. The van der Waals surface area contributed by atoms with E-state index in [0.717, 1.165) is 30.0 Å². The van der Waals surface area contributed by atoms with Gasteiger partial charge >= 0.3 is 0 Å². The Balaban J connectivity index is 1.73. The van der Waals surface area contributed by atoms with E-state index >= 15 is 0 Å². The molecular weight excluding hydrogens is 248 g/mol. The van der Waals surface area contributed by atoms with Crippen molar-refractivity contribution in [3.63, 3.8) is 0 Å². The summed E-state index contributed by atoms with van der Waals surface area (Å²) in [7, 11) is 0. The van der Waals surface area contributed by atoms with Gasteiger partial charge < -0.3 is 9.32 Å². The van der Waals surface area contributed by atoms with E-state index < -0.39 is 0 Å². The van der Waals surface area contributed by atoms with Crippen LogP contribution >= 0.6 is 0 Å². The van der Waals surface area contributed by atoms with Gasteiger partial charge in [0, 0.05) is 12.2 Å². The SMILES string of the molecule is c1ccc(N2CCCC2c2nc3ccccc3o2)cc1. The van der Waals surface area contributed by atoms with E-state index in [1.165, 1.54) is 12.1 Å². The van der Waals surface area contributed by atoms with Gasteiger partial charge in [0.25, 0.3) is 0 Å². The van der Waals surface area contributed by atoms with Gasteiger partial charge in [-0.25, -0.2) is 4.98 Å². The Morgan fingerprint density at radius 1 is 1.00 bits per heavy atom. The van der Waals surface area contributed by atoms with Gasteiger partial charge in [0.15, 0.2) is 5.58 Å². The van der Waals surface area contributed by atoms with Crippen molar-refractivity contribution in [3.8, 4) is 0 Å². The van der Waals surface area contributed by atoms with Crippen LogP contribution in [0.5, 0.6) is 0 Å². The highest BCUT2D eigenvalue weighted by Crippen LogP contribution is 2.36. The Morgan fingerprint density at radius 3 is 2.65 bits per heavy atom. The maximum absolute atomic E-state index is 5.95. The Hall–Kier alpha value is -2.29. The molecule has 1 unspecified atom stereocenters. The summed E-state index contributed by atoms with van der Waals surface area (Å²) in [5.74, 6) is 0.840. The minimum Gasteiger partial charge on any atom is -0.438 e. The molecule has 100 valence electrons. The van der Waals surface area contributed by atoms with E-state index in [4.69, 9.17) is 4.42 Å². The van der Waals surface area contributed by atoms with Gasteiger partial charge in [0.1, 0.15) is 11.6 Å². The molecule has 20 heavy (non-hydrogen) atoms. The van der Waals surface area contributed by atoms with E-state index in [2.05, 4.69) is 34.1 Å². The first kappa shape index (κ1) is 11.5. The fourth-order valence-electron chi connectivity index (χ4n) is 2.98. The molecule has 0 aliphatic carbocycles. The summed E-state index contributed by atoms with van der Waals surface area (Å²) in [6.07, 6.45) is 2.28. The van der Waals surface area contributed by atoms with E-state index in [0.29, 0.717) is 0 Å². The Morgan fingerprint density at radius 2 is 1.80 bits per heavy atom. The molecule has 0 N–H and O–H groups in total. The summed E-state index contributed by atoms with van der Waals surface area (Å²) < 4.78 is 5.95. The van der Waals surface area contributed by atoms with Crippen molar-refractivity contribution in [2.45, 2.75) is 18.9 Å². The molecule has 1 saturated heterocycles. The normalized spacial score (nSPS) is 18.8. The molecule has 3 aromatic rings. The summed E-state index contributed by atoms with van der Waals surface area (Å²) in [5, 5.41) is 0. The number of aromatic nitrogens is 1. The third-order valence-electron chi connectivity index (χ3n) is 3.94. The van der Waals surface area contributed by atoms with Gasteiger partial charge in [-0.05, 0) is 37.1 Å². The number of nitrogens with zero attached hydrogens (tertiary/aromatic N) is 2. The number of rotatable bonds is 2. The van der Waals surface area contributed by atoms with Crippen LogP contribution in [0.25, 0.3) is 11.1 Å². The van der Waals surface area contributed by atoms with Crippen LogP contribution in [0.4, 0.5) is 5.69 Å². The molecular formula is C17H16N2O. The average Bonchev–Trinajstić information content (AvgIpc) is 3.14. The van der Waals surface area contributed by atoms with Crippen LogP contribution in [0.1, 0.15) is 24.8 Å². The fourth-order valence-corrected chi connectivity index (χ4v) is 2.98. The number of para-hydroxylation sites is 3. The standard InChI is InChI=1S/C17H16N2O/c1-2-7-13(8-3-1)19-12-6-10-15(19)17-18-14-9-4-5-11-16(14)20-17/h1-5,7-9,11,15H,6,10,12H2. The quantitative estimate of drug-likeness (QED) is 0.695. The van der Waals surface area contributed by atoms with Crippen molar-refractivity contribution in [2.75, 3.05) is 11.4 Å². The van der Waals surface area contributed by atoms with Crippen LogP contribution in [-0.2, 0) is 0 Å². The first-order chi connectivity index (χ1) is 9.92. The molecule has 0 radical (unpaired) electrons. The lowest BCUT2D eigenvalue weighted by atomic mass is 10.2. The highest BCUT2D eigenvalue weighted by Gasteiger charge is 2.30.